The fraction of sp³-hybridized carbons (Fsp3) is 0.278. The van der Waals surface area contributed by atoms with Gasteiger partial charge in [-0.1, -0.05) is 19.1 Å². The molecule has 0 radical (unpaired) electrons. The van der Waals surface area contributed by atoms with E-state index in [-0.39, 0.29) is 5.91 Å². The molecule has 0 spiro atoms. The summed E-state index contributed by atoms with van der Waals surface area (Å²) in [4.78, 5) is 15.0. The monoisotopic (exact) mass is 393 g/mol. The zero-order valence-electron chi connectivity index (χ0n) is 13.3. The molecule has 3 nitrogen and oxygen atoms in total. The molecule has 0 N–H and O–H groups in total. The highest BCUT2D eigenvalue weighted by molar-refractivity contribution is 9.10. The van der Waals surface area contributed by atoms with Gasteiger partial charge >= 0.3 is 0 Å². The van der Waals surface area contributed by atoms with E-state index >= 15 is 0 Å². The lowest BCUT2D eigenvalue weighted by molar-refractivity contribution is -0.125. The molecule has 2 aromatic rings. The molecule has 0 aliphatic carbocycles. The molecule has 122 valence electrons. The Hall–Kier alpha value is -1.59. The number of benzene rings is 1. The van der Waals surface area contributed by atoms with Gasteiger partial charge in [-0.3, -0.25) is 4.79 Å². The van der Waals surface area contributed by atoms with Crippen LogP contribution in [0.4, 0.5) is 0 Å². The zero-order chi connectivity index (χ0) is 16.7. The van der Waals surface area contributed by atoms with Gasteiger partial charge in [-0.15, -0.1) is 11.3 Å². The van der Waals surface area contributed by atoms with E-state index in [0.29, 0.717) is 6.54 Å². The molecule has 1 aromatic carbocycles. The second-order valence-corrected chi connectivity index (χ2v) is 7.09. The van der Waals surface area contributed by atoms with Crippen LogP contribution in [0.15, 0.2) is 46.3 Å². The van der Waals surface area contributed by atoms with Crippen LogP contribution in [0.2, 0.25) is 0 Å². The van der Waals surface area contributed by atoms with Gasteiger partial charge in [0.15, 0.2) is 0 Å². The molecule has 5 heteroatoms. The Morgan fingerprint density at radius 2 is 2.09 bits per heavy atom. The summed E-state index contributed by atoms with van der Waals surface area (Å²) in [5.41, 5.74) is 0.981. The quantitative estimate of drug-likeness (QED) is 0.621. The number of halogens is 1. The SMILES string of the molecule is CCCOc1ccc(/C=C/C(=O)N(C)Cc2cc(Br)cs2)cc1. The summed E-state index contributed by atoms with van der Waals surface area (Å²) in [6.07, 6.45) is 4.42. The summed E-state index contributed by atoms with van der Waals surface area (Å²) >= 11 is 5.06. The van der Waals surface area contributed by atoms with Crippen LogP contribution in [-0.4, -0.2) is 24.5 Å². The minimum atomic E-state index is -0.0131. The fourth-order valence-electron chi connectivity index (χ4n) is 1.94. The largest absolute Gasteiger partial charge is 0.494 e. The highest BCUT2D eigenvalue weighted by Crippen LogP contribution is 2.21. The highest BCUT2D eigenvalue weighted by atomic mass is 79.9. The predicted molar refractivity (Wildman–Crippen MR) is 99.8 cm³/mol. The second kappa shape index (κ2) is 8.89. The normalized spacial score (nSPS) is 10.9. The Morgan fingerprint density at radius 1 is 1.35 bits per heavy atom. The first kappa shape index (κ1) is 17.8. The summed E-state index contributed by atoms with van der Waals surface area (Å²) in [6.45, 7) is 3.41. The Labute approximate surface area is 149 Å². The number of rotatable bonds is 7. The van der Waals surface area contributed by atoms with Crippen molar-refractivity contribution in [2.75, 3.05) is 13.7 Å². The van der Waals surface area contributed by atoms with Crippen molar-refractivity contribution >= 4 is 39.2 Å². The molecule has 0 saturated carbocycles. The van der Waals surface area contributed by atoms with Gasteiger partial charge in [0, 0.05) is 27.9 Å². The van der Waals surface area contributed by atoms with Crippen molar-refractivity contribution in [1.82, 2.24) is 4.90 Å². The number of nitrogens with zero attached hydrogens (tertiary/aromatic N) is 1. The molecule has 0 atom stereocenters. The average molecular weight is 394 g/mol. The number of hydrogen-bond donors (Lipinski definition) is 0. The van der Waals surface area contributed by atoms with Gasteiger partial charge < -0.3 is 9.64 Å². The summed E-state index contributed by atoms with van der Waals surface area (Å²) < 4.78 is 6.60. The molecular weight excluding hydrogens is 374 g/mol. The lowest BCUT2D eigenvalue weighted by Crippen LogP contribution is -2.23. The maximum atomic E-state index is 12.1. The molecule has 1 amide bonds. The van der Waals surface area contributed by atoms with Crippen molar-refractivity contribution < 1.29 is 9.53 Å². The molecule has 0 fully saturated rings. The van der Waals surface area contributed by atoms with E-state index < -0.39 is 0 Å². The van der Waals surface area contributed by atoms with Gasteiger partial charge in [-0.05, 0) is 52.2 Å². The minimum absolute atomic E-state index is 0.0131. The number of amides is 1. The van der Waals surface area contributed by atoms with E-state index in [4.69, 9.17) is 4.74 Å². The molecular formula is C18H20BrNO2S. The van der Waals surface area contributed by atoms with Crippen LogP contribution in [-0.2, 0) is 11.3 Å². The molecule has 0 aliphatic rings. The summed E-state index contributed by atoms with van der Waals surface area (Å²) in [5, 5.41) is 2.02. The van der Waals surface area contributed by atoms with Gasteiger partial charge in [-0.2, -0.15) is 0 Å². The van der Waals surface area contributed by atoms with E-state index in [2.05, 4.69) is 22.9 Å². The van der Waals surface area contributed by atoms with Crippen LogP contribution < -0.4 is 4.74 Å². The molecule has 0 aliphatic heterocycles. The van der Waals surface area contributed by atoms with Crippen molar-refractivity contribution in [2.45, 2.75) is 19.9 Å². The standard InChI is InChI=1S/C18H20BrNO2S/c1-3-10-22-16-7-4-14(5-8-16)6-9-18(21)20(2)12-17-11-15(19)13-23-17/h4-9,11,13H,3,10,12H2,1-2H3/b9-6+. The van der Waals surface area contributed by atoms with Gasteiger partial charge in [-0.25, -0.2) is 0 Å². The van der Waals surface area contributed by atoms with Crippen molar-refractivity contribution in [3.05, 3.63) is 56.7 Å². The Kier molecular flexibility index (Phi) is 6.86. The van der Waals surface area contributed by atoms with Crippen molar-refractivity contribution in [3.8, 4) is 5.75 Å². The maximum absolute atomic E-state index is 12.1. The van der Waals surface area contributed by atoms with E-state index in [1.807, 2.05) is 48.8 Å². The Balaban J connectivity index is 1.89. The number of ether oxygens (including phenoxy) is 1. The number of carbonyl (C=O) groups is 1. The first-order valence-electron chi connectivity index (χ1n) is 7.47. The number of thiophene rings is 1. The van der Waals surface area contributed by atoms with E-state index in [1.165, 1.54) is 0 Å². The van der Waals surface area contributed by atoms with Gasteiger partial charge in [0.25, 0.3) is 0 Å². The van der Waals surface area contributed by atoms with Crippen LogP contribution in [0, 0.1) is 0 Å². The van der Waals surface area contributed by atoms with Crippen LogP contribution in [0.3, 0.4) is 0 Å². The molecule has 0 unspecified atom stereocenters. The number of hydrogen-bond acceptors (Lipinski definition) is 3. The minimum Gasteiger partial charge on any atom is -0.494 e. The molecule has 23 heavy (non-hydrogen) atoms. The first-order valence-corrected chi connectivity index (χ1v) is 9.14. The summed E-state index contributed by atoms with van der Waals surface area (Å²) in [6, 6.07) is 9.78. The highest BCUT2D eigenvalue weighted by Gasteiger charge is 2.07. The van der Waals surface area contributed by atoms with E-state index in [1.54, 1.807) is 22.3 Å². The Bertz CT molecular complexity index is 664. The first-order chi connectivity index (χ1) is 11.1. The fourth-order valence-corrected chi connectivity index (χ4v) is 3.44. The number of likely N-dealkylation sites (N-methyl/N-ethyl adjacent to an activating group) is 1. The van der Waals surface area contributed by atoms with Crippen LogP contribution >= 0.6 is 27.3 Å². The molecule has 0 saturated heterocycles. The molecule has 2 rings (SSSR count). The molecule has 0 bridgehead atoms. The van der Waals surface area contributed by atoms with Crippen LogP contribution in [0.5, 0.6) is 5.75 Å². The number of carbonyl (C=O) groups excluding carboxylic acids is 1. The van der Waals surface area contributed by atoms with Crippen LogP contribution in [0.1, 0.15) is 23.8 Å². The molecule has 1 aromatic heterocycles. The Morgan fingerprint density at radius 3 is 2.70 bits per heavy atom. The summed E-state index contributed by atoms with van der Waals surface area (Å²) in [7, 11) is 1.81. The van der Waals surface area contributed by atoms with Crippen molar-refractivity contribution in [1.29, 1.82) is 0 Å². The smallest absolute Gasteiger partial charge is 0.246 e. The summed E-state index contributed by atoms with van der Waals surface area (Å²) in [5.74, 6) is 0.844. The lowest BCUT2D eigenvalue weighted by atomic mass is 10.2. The second-order valence-electron chi connectivity index (χ2n) is 5.18. The van der Waals surface area contributed by atoms with Crippen LogP contribution in [0.25, 0.3) is 6.08 Å². The third-order valence-electron chi connectivity index (χ3n) is 3.16. The van der Waals surface area contributed by atoms with Gasteiger partial charge in [0.2, 0.25) is 5.91 Å². The topological polar surface area (TPSA) is 29.5 Å². The average Bonchev–Trinajstić information content (AvgIpc) is 2.96. The van der Waals surface area contributed by atoms with E-state index in [9.17, 15) is 4.79 Å². The third kappa shape index (κ3) is 5.84. The maximum Gasteiger partial charge on any atom is 0.246 e. The van der Waals surface area contributed by atoms with Crippen molar-refractivity contribution in [2.24, 2.45) is 0 Å². The molecule has 1 heterocycles. The van der Waals surface area contributed by atoms with Gasteiger partial charge in [0.1, 0.15) is 5.75 Å². The third-order valence-corrected chi connectivity index (χ3v) is 4.84. The lowest BCUT2D eigenvalue weighted by Gasteiger charge is -2.13. The van der Waals surface area contributed by atoms with E-state index in [0.717, 1.165) is 33.7 Å². The predicted octanol–water partition coefficient (Wildman–Crippen LogP) is 4.97. The van der Waals surface area contributed by atoms with Crippen molar-refractivity contribution in [3.63, 3.8) is 0 Å². The zero-order valence-corrected chi connectivity index (χ0v) is 15.7. The van der Waals surface area contributed by atoms with Gasteiger partial charge in [0.05, 0.1) is 13.2 Å².